The highest BCUT2D eigenvalue weighted by Gasteiger charge is 2.45. The van der Waals surface area contributed by atoms with Gasteiger partial charge in [-0.05, 0) is 55.8 Å². The molecule has 21 heavy (non-hydrogen) atoms. The van der Waals surface area contributed by atoms with Crippen molar-refractivity contribution in [3.05, 3.63) is 0 Å². The number of carboxylic acid groups (broad SMARTS) is 1. The van der Waals surface area contributed by atoms with Gasteiger partial charge in [0.25, 0.3) is 0 Å². The second-order valence-corrected chi connectivity index (χ2v) is 7.54. The van der Waals surface area contributed by atoms with Gasteiger partial charge >= 0.3 is 5.97 Å². The first-order valence-corrected chi connectivity index (χ1v) is 8.55. The minimum absolute atomic E-state index is 0.165. The number of amides is 1. The Morgan fingerprint density at radius 1 is 1.24 bits per heavy atom. The first-order valence-electron chi connectivity index (χ1n) is 8.55. The molecule has 5 atom stereocenters. The molecule has 2 bridgehead atoms. The zero-order chi connectivity index (χ0) is 15.0. The molecule has 1 heterocycles. The van der Waals surface area contributed by atoms with Gasteiger partial charge in [0, 0.05) is 25.4 Å². The van der Waals surface area contributed by atoms with Crippen LogP contribution >= 0.6 is 0 Å². The lowest BCUT2D eigenvalue weighted by molar-refractivity contribution is -0.140. The first kappa shape index (κ1) is 14.9. The first-order chi connectivity index (χ1) is 10.0. The van der Waals surface area contributed by atoms with Gasteiger partial charge in [0.15, 0.2) is 0 Å². The number of hydrogen-bond donors (Lipinski definition) is 1. The van der Waals surface area contributed by atoms with E-state index < -0.39 is 5.97 Å². The summed E-state index contributed by atoms with van der Waals surface area (Å²) in [6, 6.07) is 0. The van der Waals surface area contributed by atoms with E-state index in [0.717, 1.165) is 38.3 Å². The number of likely N-dealkylation sites (tertiary alicyclic amines) is 1. The van der Waals surface area contributed by atoms with Crippen LogP contribution in [0.3, 0.4) is 0 Å². The molecule has 3 fully saturated rings. The Morgan fingerprint density at radius 3 is 2.67 bits per heavy atom. The normalized spacial score (nSPS) is 36.7. The molecule has 1 N–H and O–H groups in total. The minimum atomic E-state index is -0.723. The van der Waals surface area contributed by atoms with Crippen LogP contribution in [0, 0.1) is 29.6 Å². The lowest BCUT2D eigenvalue weighted by Gasteiger charge is -2.38. The number of carboxylic acids is 1. The SMILES string of the molecule is CC(CC(=O)O)C1CCCN(C(=O)C2CC3CCC2C3)C1. The van der Waals surface area contributed by atoms with Crippen molar-refractivity contribution in [2.45, 2.75) is 51.9 Å². The van der Waals surface area contributed by atoms with Gasteiger partial charge in [-0.3, -0.25) is 9.59 Å². The number of piperidine rings is 1. The molecular weight excluding hydrogens is 266 g/mol. The molecule has 2 aliphatic carbocycles. The van der Waals surface area contributed by atoms with Gasteiger partial charge in [-0.1, -0.05) is 13.3 Å². The fourth-order valence-corrected chi connectivity index (χ4v) is 4.90. The molecule has 4 heteroatoms. The maximum Gasteiger partial charge on any atom is 0.303 e. The summed E-state index contributed by atoms with van der Waals surface area (Å²) in [5, 5.41) is 8.95. The van der Waals surface area contributed by atoms with E-state index in [2.05, 4.69) is 4.90 Å². The van der Waals surface area contributed by atoms with Crippen LogP contribution in [0.2, 0.25) is 0 Å². The van der Waals surface area contributed by atoms with Gasteiger partial charge in [-0.15, -0.1) is 0 Å². The van der Waals surface area contributed by atoms with Gasteiger partial charge < -0.3 is 10.0 Å². The molecule has 0 aromatic carbocycles. The fourth-order valence-electron chi connectivity index (χ4n) is 4.90. The number of hydrogen-bond acceptors (Lipinski definition) is 2. The Labute approximate surface area is 126 Å². The molecule has 5 unspecified atom stereocenters. The van der Waals surface area contributed by atoms with Crippen LogP contribution in [-0.4, -0.2) is 35.0 Å². The number of aliphatic carboxylic acids is 1. The average molecular weight is 293 g/mol. The van der Waals surface area contributed by atoms with Crippen molar-refractivity contribution < 1.29 is 14.7 Å². The van der Waals surface area contributed by atoms with Crippen LogP contribution in [0.1, 0.15) is 51.9 Å². The smallest absolute Gasteiger partial charge is 0.303 e. The van der Waals surface area contributed by atoms with Gasteiger partial charge in [-0.2, -0.15) is 0 Å². The highest BCUT2D eigenvalue weighted by molar-refractivity contribution is 5.79. The van der Waals surface area contributed by atoms with Crippen LogP contribution in [-0.2, 0) is 9.59 Å². The highest BCUT2D eigenvalue weighted by Crippen LogP contribution is 2.49. The number of nitrogens with zero attached hydrogens (tertiary/aromatic N) is 1. The summed E-state index contributed by atoms with van der Waals surface area (Å²) in [4.78, 5) is 25.7. The maximum atomic E-state index is 12.8. The monoisotopic (exact) mass is 293 g/mol. The van der Waals surface area contributed by atoms with E-state index in [1.807, 2.05) is 6.92 Å². The molecule has 1 aliphatic heterocycles. The van der Waals surface area contributed by atoms with Gasteiger partial charge in [0.1, 0.15) is 0 Å². The molecule has 4 nitrogen and oxygen atoms in total. The summed E-state index contributed by atoms with van der Waals surface area (Å²) in [7, 11) is 0. The largest absolute Gasteiger partial charge is 0.481 e. The predicted molar refractivity (Wildman–Crippen MR) is 79.7 cm³/mol. The molecule has 0 aromatic heterocycles. The van der Waals surface area contributed by atoms with E-state index >= 15 is 0 Å². The fraction of sp³-hybridized carbons (Fsp3) is 0.882. The second kappa shape index (κ2) is 5.98. The molecular formula is C17H27NO3. The summed E-state index contributed by atoms with van der Waals surface area (Å²) in [6.07, 6.45) is 7.26. The highest BCUT2D eigenvalue weighted by atomic mass is 16.4. The molecule has 3 rings (SSSR count). The number of carbonyl (C=O) groups excluding carboxylic acids is 1. The molecule has 3 aliphatic rings. The van der Waals surface area contributed by atoms with Crippen molar-refractivity contribution in [3.8, 4) is 0 Å². The van der Waals surface area contributed by atoms with Crippen molar-refractivity contribution in [3.63, 3.8) is 0 Å². The van der Waals surface area contributed by atoms with Crippen LogP contribution in [0.25, 0.3) is 0 Å². The lowest BCUT2D eigenvalue weighted by Crippen LogP contribution is -2.45. The van der Waals surface area contributed by atoms with E-state index in [1.54, 1.807) is 0 Å². The van der Waals surface area contributed by atoms with E-state index in [9.17, 15) is 9.59 Å². The average Bonchev–Trinajstić information content (AvgIpc) is 3.08. The molecule has 1 saturated heterocycles. The Kier molecular flexibility index (Phi) is 4.23. The summed E-state index contributed by atoms with van der Waals surface area (Å²) in [6.45, 7) is 3.68. The zero-order valence-electron chi connectivity index (χ0n) is 13.0. The van der Waals surface area contributed by atoms with E-state index in [-0.39, 0.29) is 18.3 Å². The predicted octanol–water partition coefficient (Wildman–Crippen LogP) is 2.77. The van der Waals surface area contributed by atoms with Crippen LogP contribution in [0.4, 0.5) is 0 Å². The maximum absolute atomic E-state index is 12.8. The molecule has 1 amide bonds. The summed E-state index contributed by atoms with van der Waals surface area (Å²) in [5.74, 6) is 1.89. The Morgan fingerprint density at radius 2 is 2.05 bits per heavy atom. The van der Waals surface area contributed by atoms with Crippen LogP contribution in [0.5, 0.6) is 0 Å². The molecule has 0 spiro atoms. The molecule has 2 saturated carbocycles. The molecule has 0 radical (unpaired) electrons. The third-order valence-electron chi connectivity index (χ3n) is 6.13. The number of carbonyl (C=O) groups is 2. The third-order valence-corrected chi connectivity index (χ3v) is 6.13. The molecule has 118 valence electrons. The quantitative estimate of drug-likeness (QED) is 0.867. The lowest BCUT2D eigenvalue weighted by atomic mass is 9.83. The van der Waals surface area contributed by atoms with E-state index in [0.29, 0.717) is 17.7 Å². The number of fused-ring (bicyclic) bond motifs is 2. The van der Waals surface area contributed by atoms with Crippen molar-refractivity contribution in [1.29, 1.82) is 0 Å². The van der Waals surface area contributed by atoms with E-state index in [1.165, 1.54) is 19.3 Å². The van der Waals surface area contributed by atoms with Crippen LogP contribution in [0.15, 0.2) is 0 Å². The zero-order valence-corrected chi connectivity index (χ0v) is 13.0. The number of rotatable bonds is 4. The summed E-state index contributed by atoms with van der Waals surface area (Å²) < 4.78 is 0. The minimum Gasteiger partial charge on any atom is -0.481 e. The van der Waals surface area contributed by atoms with Crippen molar-refractivity contribution in [2.24, 2.45) is 29.6 Å². The standard InChI is InChI=1S/C17H27NO3/c1-11(7-16(19)20)14-3-2-6-18(10-14)17(21)15-9-12-4-5-13(15)8-12/h11-15H,2-10H2,1H3,(H,19,20). The van der Waals surface area contributed by atoms with Gasteiger partial charge in [-0.25, -0.2) is 0 Å². The summed E-state index contributed by atoms with van der Waals surface area (Å²) in [5.41, 5.74) is 0. The van der Waals surface area contributed by atoms with Crippen molar-refractivity contribution in [2.75, 3.05) is 13.1 Å². The molecule has 0 aromatic rings. The topological polar surface area (TPSA) is 57.6 Å². The van der Waals surface area contributed by atoms with Gasteiger partial charge in [0.2, 0.25) is 5.91 Å². The second-order valence-electron chi connectivity index (χ2n) is 7.54. The summed E-state index contributed by atoms with van der Waals surface area (Å²) >= 11 is 0. The van der Waals surface area contributed by atoms with Crippen molar-refractivity contribution >= 4 is 11.9 Å². The van der Waals surface area contributed by atoms with Crippen LogP contribution < -0.4 is 0 Å². The Balaban J connectivity index is 1.58. The Hall–Kier alpha value is -1.06. The Bertz CT molecular complexity index is 422. The van der Waals surface area contributed by atoms with Crippen molar-refractivity contribution in [1.82, 2.24) is 4.90 Å². The third kappa shape index (κ3) is 3.09. The van der Waals surface area contributed by atoms with E-state index in [4.69, 9.17) is 5.11 Å². The van der Waals surface area contributed by atoms with Gasteiger partial charge in [0.05, 0.1) is 0 Å².